The topological polar surface area (TPSA) is 44.1 Å². The molecule has 1 amide bonds. The van der Waals surface area contributed by atoms with Gasteiger partial charge in [0.2, 0.25) is 5.91 Å². The van der Waals surface area contributed by atoms with Crippen LogP contribution in [0, 0.1) is 17.2 Å². The number of rotatable bonds is 4. The van der Waals surface area contributed by atoms with Crippen LogP contribution in [0.3, 0.4) is 0 Å². The number of carbonyl (C=O) groups excluding carboxylic acids is 1. The first kappa shape index (κ1) is 14.7. The van der Waals surface area contributed by atoms with Crippen molar-refractivity contribution in [3.63, 3.8) is 0 Å². The van der Waals surface area contributed by atoms with Crippen molar-refractivity contribution < 1.29 is 4.79 Å². The van der Waals surface area contributed by atoms with Crippen LogP contribution in [0.2, 0.25) is 0 Å². The lowest BCUT2D eigenvalue weighted by Crippen LogP contribution is -2.44. The number of piperidine rings is 1. The maximum atomic E-state index is 12.2. The molecule has 4 heteroatoms. The van der Waals surface area contributed by atoms with Crippen molar-refractivity contribution >= 4 is 17.7 Å². The number of carbonyl (C=O) groups is 1. The summed E-state index contributed by atoms with van der Waals surface area (Å²) >= 11 is 1.64. The van der Waals surface area contributed by atoms with Gasteiger partial charge in [0.1, 0.15) is 4.75 Å². The molecule has 0 aromatic carbocycles. The minimum Gasteiger partial charge on any atom is -0.343 e. The van der Waals surface area contributed by atoms with Gasteiger partial charge in [-0.05, 0) is 31.4 Å². The first-order chi connectivity index (χ1) is 9.19. The smallest absolute Gasteiger partial charge is 0.222 e. The molecule has 0 aromatic heterocycles. The number of hydrogen-bond donors (Lipinski definition) is 0. The van der Waals surface area contributed by atoms with Gasteiger partial charge in [0, 0.05) is 19.5 Å². The highest BCUT2D eigenvalue weighted by atomic mass is 32.2. The maximum Gasteiger partial charge on any atom is 0.222 e. The number of amides is 1. The van der Waals surface area contributed by atoms with Gasteiger partial charge in [0.25, 0.3) is 0 Å². The lowest BCUT2D eigenvalue weighted by Gasteiger charge is -2.36. The molecular weight excluding hydrogens is 256 g/mol. The molecule has 0 bridgehead atoms. The van der Waals surface area contributed by atoms with E-state index in [-0.39, 0.29) is 4.75 Å². The molecule has 1 saturated carbocycles. The van der Waals surface area contributed by atoms with Gasteiger partial charge in [-0.1, -0.05) is 25.7 Å². The fraction of sp³-hybridized carbons (Fsp3) is 0.867. The number of nitrogens with zero attached hydrogens (tertiary/aromatic N) is 2. The maximum absolute atomic E-state index is 12.2. The molecule has 3 nitrogen and oxygen atoms in total. The summed E-state index contributed by atoms with van der Waals surface area (Å²) in [6.45, 7) is 1.52. The van der Waals surface area contributed by atoms with Crippen molar-refractivity contribution in [2.45, 2.75) is 56.1 Å². The Hall–Kier alpha value is -0.690. The molecule has 0 aromatic rings. The average Bonchev–Trinajstić information content (AvgIpc) is 2.98. The molecule has 1 aliphatic carbocycles. The zero-order valence-electron chi connectivity index (χ0n) is 11.9. The molecule has 0 atom stereocenters. The average molecular weight is 280 g/mol. The first-order valence-electron chi connectivity index (χ1n) is 7.43. The van der Waals surface area contributed by atoms with Crippen LogP contribution >= 0.6 is 11.8 Å². The molecule has 1 saturated heterocycles. The zero-order chi connectivity index (χ0) is 13.7. The van der Waals surface area contributed by atoms with Crippen LogP contribution in [0.1, 0.15) is 51.4 Å². The Morgan fingerprint density at radius 1 is 1.37 bits per heavy atom. The van der Waals surface area contributed by atoms with Crippen LogP contribution in [-0.2, 0) is 4.79 Å². The standard InChI is InChI=1S/C15H24N2OS/c1-19-15(12-16)8-10-17(11-9-15)14(18)7-6-13-4-2-3-5-13/h13H,2-11H2,1H3. The Morgan fingerprint density at radius 3 is 2.53 bits per heavy atom. The molecule has 19 heavy (non-hydrogen) atoms. The summed E-state index contributed by atoms with van der Waals surface area (Å²) < 4.78 is -0.248. The molecule has 0 spiro atoms. The highest BCUT2D eigenvalue weighted by Gasteiger charge is 2.35. The van der Waals surface area contributed by atoms with Crippen molar-refractivity contribution in [3.05, 3.63) is 0 Å². The summed E-state index contributed by atoms with van der Waals surface area (Å²) in [6, 6.07) is 2.43. The Bertz CT molecular complexity index is 350. The quantitative estimate of drug-likeness (QED) is 0.794. The summed E-state index contributed by atoms with van der Waals surface area (Å²) in [4.78, 5) is 14.2. The van der Waals surface area contributed by atoms with E-state index in [9.17, 15) is 10.1 Å². The molecule has 2 rings (SSSR count). The van der Waals surface area contributed by atoms with Crippen LogP contribution in [-0.4, -0.2) is 34.9 Å². The summed E-state index contributed by atoms with van der Waals surface area (Å²) in [5.41, 5.74) is 0. The minimum atomic E-state index is -0.248. The van der Waals surface area contributed by atoms with E-state index in [1.54, 1.807) is 11.8 Å². The van der Waals surface area contributed by atoms with E-state index in [4.69, 9.17) is 0 Å². The second-order valence-electron chi connectivity index (χ2n) is 5.88. The van der Waals surface area contributed by atoms with E-state index < -0.39 is 0 Å². The van der Waals surface area contributed by atoms with Gasteiger partial charge in [-0.25, -0.2) is 0 Å². The third kappa shape index (κ3) is 3.66. The number of likely N-dealkylation sites (tertiary alicyclic amines) is 1. The van der Waals surface area contributed by atoms with E-state index >= 15 is 0 Å². The normalized spacial score (nSPS) is 23.3. The molecular formula is C15H24N2OS. The Kier molecular flexibility index (Phi) is 5.15. The lowest BCUT2D eigenvalue weighted by molar-refractivity contribution is -0.132. The van der Waals surface area contributed by atoms with Crippen LogP contribution in [0.4, 0.5) is 0 Å². The van der Waals surface area contributed by atoms with Gasteiger partial charge >= 0.3 is 0 Å². The molecule has 1 aliphatic heterocycles. The molecule has 2 fully saturated rings. The first-order valence-corrected chi connectivity index (χ1v) is 8.66. The van der Waals surface area contributed by atoms with Crippen LogP contribution in [0.25, 0.3) is 0 Å². The SMILES string of the molecule is CSC1(C#N)CCN(C(=O)CCC2CCCC2)CC1. The third-order valence-corrected chi connectivity index (χ3v) is 6.04. The molecule has 1 heterocycles. The second-order valence-corrected chi connectivity index (χ2v) is 7.07. The van der Waals surface area contributed by atoms with Crippen LogP contribution in [0.5, 0.6) is 0 Å². The second kappa shape index (κ2) is 6.65. The van der Waals surface area contributed by atoms with E-state index in [2.05, 4.69) is 6.07 Å². The van der Waals surface area contributed by atoms with Crippen molar-refractivity contribution in [1.82, 2.24) is 4.90 Å². The van der Waals surface area contributed by atoms with E-state index in [1.165, 1.54) is 25.7 Å². The van der Waals surface area contributed by atoms with E-state index in [0.29, 0.717) is 12.3 Å². The number of thioether (sulfide) groups is 1. The number of nitriles is 1. The van der Waals surface area contributed by atoms with Crippen LogP contribution in [0.15, 0.2) is 0 Å². The predicted octanol–water partition coefficient (Wildman–Crippen LogP) is 3.20. The molecule has 0 unspecified atom stereocenters. The zero-order valence-corrected chi connectivity index (χ0v) is 12.7. The minimum absolute atomic E-state index is 0.248. The van der Waals surface area contributed by atoms with Gasteiger partial charge < -0.3 is 4.90 Å². The Labute approximate surface area is 120 Å². The van der Waals surface area contributed by atoms with Gasteiger partial charge in [-0.15, -0.1) is 11.8 Å². The summed E-state index contributed by atoms with van der Waals surface area (Å²) in [5.74, 6) is 1.10. The van der Waals surface area contributed by atoms with Gasteiger partial charge in [-0.3, -0.25) is 4.79 Å². The van der Waals surface area contributed by atoms with Crippen molar-refractivity contribution in [2.24, 2.45) is 5.92 Å². The highest BCUT2D eigenvalue weighted by molar-refractivity contribution is 8.00. The molecule has 0 N–H and O–H groups in total. The van der Waals surface area contributed by atoms with Gasteiger partial charge in [-0.2, -0.15) is 5.26 Å². The highest BCUT2D eigenvalue weighted by Crippen LogP contribution is 2.34. The Balaban J connectivity index is 1.74. The molecule has 106 valence electrons. The summed E-state index contributed by atoms with van der Waals surface area (Å²) in [7, 11) is 0. The van der Waals surface area contributed by atoms with Gasteiger partial charge in [0.05, 0.1) is 6.07 Å². The molecule has 0 radical (unpaired) electrons. The van der Waals surface area contributed by atoms with Crippen LogP contribution < -0.4 is 0 Å². The fourth-order valence-electron chi connectivity index (χ4n) is 3.26. The monoisotopic (exact) mass is 280 g/mol. The van der Waals surface area contributed by atoms with Gasteiger partial charge in [0.15, 0.2) is 0 Å². The lowest BCUT2D eigenvalue weighted by atomic mass is 9.96. The van der Waals surface area contributed by atoms with Crippen molar-refractivity contribution in [2.75, 3.05) is 19.3 Å². The Morgan fingerprint density at radius 2 is 2.00 bits per heavy atom. The van der Waals surface area contributed by atoms with Crippen molar-refractivity contribution in [3.8, 4) is 6.07 Å². The summed E-state index contributed by atoms with van der Waals surface area (Å²) in [5, 5.41) is 9.24. The molecule has 2 aliphatic rings. The fourth-order valence-corrected chi connectivity index (χ4v) is 3.95. The van der Waals surface area contributed by atoms with E-state index in [1.807, 2.05) is 11.2 Å². The van der Waals surface area contributed by atoms with Crippen molar-refractivity contribution in [1.29, 1.82) is 5.26 Å². The largest absolute Gasteiger partial charge is 0.343 e. The summed E-state index contributed by atoms with van der Waals surface area (Å²) in [6.07, 6.45) is 10.8. The van der Waals surface area contributed by atoms with E-state index in [0.717, 1.165) is 38.3 Å². The number of hydrogen-bond acceptors (Lipinski definition) is 3. The predicted molar refractivity (Wildman–Crippen MR) is 78.9 cm³/mol. The third-order valence-electron chi connectivity index (χ3n) is 4.76.